The number of hydrogen-bond acceptors (Lipinski definition) is 6. The van der Waals surface area contributed by atoms with Crippen LogP contribution in [0.2, 0.25) is 0 Å². The molecule has 1 aliphatic heterocycles. The van der Waals surface area contributed by atoms with Crippen LogP contribution in [-0.2, 0) is 9.53 Å². The maximum Gasteiger partial charge on any atom is 0.159 e. The van der Waals surface area contributed by atoms with E-state index < -0.39 is 40.0 Å². The second-order valence-corrected chi connectivity index (χ2v) is 14.9. The average Bonchev–Trinajstić information content (AvgIpc) is 3.57. The molecule has 202 valence electrons. The van der Waals surface area contributed by atoms with Crippen LogP contribution < -0.4 is 0 Å². The van der Waals surface area contributed by atoms with E-state index in [2.05, 4.69) is 13.8 Å². The van der Waals surface area contributed by atoms with Crippen molar-refractivity contribution in [3.8, 4) is 0 Å². The van der Waals surface area contributed by atoms with Crippen LogP contribution in [0.3, 0.4) is 0 Å². The topological polar surface area (TPSA) is 111 Å². The molecule has 0 aromatic heterocycles. The van der Waals surface area contributed by atoms with Crippen LogP contribution >= 0.6 is 0 Å². The second kappa shape index (κ2) is 7.04. The van der Waals surface area contributed by atoms with Gasteiger partial charge in [0, 0.05) is 16.7 Å². The highest BCUT2D eigenvalue weighted by molar-refractivity contribution is 5.95. The predicted molar refractivity (Wildman–Crippen MR) is 135 cm³/mol. The second-order valence-electron chi connectivity index (χ2n) is 14.9. The highest BCUT2D eigenvalue weighted by Gasteiger charge is 2.76. The van der Waals surface area contributed by atoms with Gasteiger partial charge >= 0.3 is 0 Å². The van der Waals surface area contributed by atoms with Crippen LogP contribution in [0.1, 0.15) is 99.3 Å². The molecule has 1 spiro atoms. The van der Waals surface area contributed by atoms with Gasteiger partial charge < -0.3 is 25.2 Å². The SMILES string of the molecule is CC(C)C(C)(O)C1OC1C(C)(O)C1CCC2(O)C3=CC(=O)C4CC5(O)CCC3(CCC12C)C4(C)CC5. The number of rotatable bonds is 4. The Labute approximate surface area is 215 Å². The van der Waals surface area contributed by atoms with Gasteiger partial charge in [-0.1, -0.05) is 27.7 Å². The average molecular weight is 503 g/mol. The highest BCUT2D eigenvalue weighted by atomic mass is 16.6. The third-order valence-electron chi connectivity index (χ3n) is 13.3. The monoisotopic (exact) mass is 502 g/mol. The standard InChI is InChI=1S/C30H46O6/c1-17(2)26(5,32)22-23(36-22)27(6,33)20-7-8-30(35)21-15-19(31)18-16-28(34)11-9-24(18,3)29(21,14-12-28)13-10-25(20,30)4/h15,17-18,20,22-23,32-35H,7-14,16H2,1-6H3. The maximum atomic E-state index is 13.6. The summed E-state index contributed by atoms with van der Waals surface area (Å²) in [4.78, 5) is 13.6. The summed E-state index contributed by atoms with van der Waals surface area (Å²) < 4.78 is 5.97. The normalized spacial score (nSPS) is 54.8. The molecule has 11 atom stereocenters. The lowest BCUT2D eigenvalue weighted by Gasteiger charge is -2.65. The van der Waals surface area contributed by atoms with Crippen molar-refractivity contribution >= 4 is 5.78 Å². The first-order chi connectivity index (χ1) is 16.5. The number of aliphatic hydroxyl groups is 4. The van der Waals surface area contributed by atoms with Crippen molar-refractivity contribution in [2.75, 3.05) is 0 Å². The molecule has 6 heteroatoms. The Bertz CT molecular complexity index is 1030. The van der Waals surface area contributed by atoms with Crippen LogP contribution in [-0.4, -0.2) is 60.8 Å². The molecule has 11 unspecified atom stereocenters. The fourth-order valence-electron chi connectivity index (χ4n) is 10.2. The highest BCUT2D eigenvalue weighted by Crippen LogP contribution is 2.76. The van der Waals surface area contributed by atoms with E-state index in [0.29, 0.717) is 25.7 Å². The first kappa shape index (κ1) is 25.5. The third-order valence-corrected chi connectivity index (χ3v) is 13.3. The van der Waals surface area contributed by atoms with Crippen molar-refractivity contribution in [2.45, 2.75) is 134 Å². The molecular weight excluding hydrogens is 456 g/mol. The minimum absolute atomic E-state index is 0.0127. The summed E-state index contributed by atoms with van der Waals surface area (Å²) in [7, 11) is 0. The van der Waals surface area contributed by atoms with Crippen LogP contribution in [0.5, 0.6) is 0 Å². The van der Waals surface area contributed by atoms with Gasteiger partial charge in [-0.3, -0.25) is 4.79 Å². The van der Waals surface area contributed by atoms with Crippen molar-refractivity contribution in [1.82, 2.24) is 0 Å². The summed E-state index contributed by atoms with van der Waals surface area (Å²) >= 11 is 0. The van der Waals surface area contributed by atoms with E-state index in [0.717, 1.165) is 37.7 Å². The summed E-state index contributed by atoms with van der Waals surface area (Å²) in [5.41, 5.74) is -4.48. The van der Waals surface area contributed by atoms with E-state index in [1.54, 1.807) is 13.0 Å². The molecule has 5 saturated carbocycles. The summed E-state index contributed by atoms with van der Waals surface area (Å²) in [6.45, 7) is 11.9. The molecule has 0 amide bonds. The largest absolute Gasteiger partial charge is 0.390 e. The van der Waals surface area contributed by atoms with E-state index in [1.807, 2.05) is 20.8 Å². The van der Waals surface area contributed by atoms with Crippen LogP contribution in [0.15, 0.2) is 11.6 Å². The smallest absolute Gasteiger partial charge is 0.159 e. The van der Waals surface area contributed by atoms with E-state index in [1.165, 1.54) is 0 Å². The Morgan fingerprint density at radius 2 is 1.56 bits per heavy atom. The molecule has 6 nitrogen and oxygen atoms in total. The summed E-state index contributed by atoms with van der Waals surface area (Å²) in [5, 5.41) is 47.0. The van der Waals surface area contributed by atoms with Crippen LogP contribution in [0, 0.1) is 34.0 Å². The molecule has 36 heavy (non-hydrogen) atoms. The lowest BCUT2D eigenvalue weighted by Crippen LogP contribution is -2.65. The number of carbonyl (C=O) groups excluding carboxylic acids is 1. The van der Waals surface area contributed by atoms with Gasteiger partial charge in [0.05, 0.1) is 22.4 Å². The van der Waals surface area contributed by atoms with Gasteiger partial charge in [-0.2, -0.15) is 0 Å². The molecule has 6 aliphatic carbocycles. The number of carbonyl (C=O) groups is 1. The maximum absolute atomic E-state index is 13.6. The third kappa shape index (κ3) is 2.79. The van der Waals surface area contributed by atoms with Crippen LogP contribution in [0.4, 0.5) is 0 Å². The van der Waals surface area contributed by atoms with Gasteiger partial charge in [-0.15, -0.1) is 0 Å². The Morgan fingerprint density at radius 1 is 0.944 bits per heavy atom. The molecule has 0 aromatic carbocycles. The molecular formula is C30H46O6. The number of ether oxygens (including phenoxy) is 1. The minimum Gasteiger partial charge on any atom is -0.390 e. The molecule has 7 aliphatic rings. The number of allylic oxidation sites excluding steroid dienone is 1. The zero-order valence-corrected chi connectivity index (χ0v) is 22.9. The van der Waals surface area contributed by atoms with Crippen LogP contribution in [0.25, 0.3) is 0 Å². The van der Waals surface area contributed by atoms with Gasteiger partial charge in [0.2, 0.25) is 0 Å². The van der Waals surface area contributed by atoms with Crippen molar-refractivity contribution in [1.29, 1.82) is 0 Å². The number of ketones is 1. The lowest BCUT2D eigenvalue weighted by atomic mass is 9.40. The Balaban J connectivity index is 1.39. The van der Waals surface area contributed by atoms with Gasteiger partial charge in [-0.05, 0) is 101 Å². The number of epoxide rings is 1. The van der Waals surface area contributed by atoms with Gasteiger partial charge in [0.1, 0.15) is 12.2 Å². The van der Waals surface area contributed by atoms with E-state index >= 15 is 0 Å². The molecule has 0 aromatic rings. The Hall–Kier alpha value is -0.790. The van der Waals surface area contributed by atoms with E-state index in [9.17, 15) is 25.2 Å². The Kier molecular flexibility index (Phi) is 4.98. The quantitative estimate of drug-likeness (QED) is 0.437. The first-order valence-electron chi connectivity index (χ1n) is 14.3. The van der Waals surface area contributed by atoms with Gasteiger partial charge in [-0.25, -0.2) is 0 Å². The predicted octanol–water partition coefficient (Wildman–Crippen LogP) is 3.68. The van der Waals surface area contributed by atoms with Crippen molar-refractivity contribution in [2.24, 2.45) is 34.0 Å². The van der Waals surface area contributed by atoms with Crippen molar-refractivity contribution < 1.29 is 30.0 Å². The summed E-state index contributed by atoms with van der Waals surface area (Å²) in [5.74, 6) is -0.358. The molecule has 4 bridgehead atoms. The first-order valence-corrected chi connectivity index (χ1v) is 14.3. The van der Waals surface area contributed by atoms with Gasteiger partial charge in [0.15, 0.2) is 5.78 Å². The van der Waals surface area contributed by atoms with E-state index in [4.69, 9.17) is 4.74 Å². The lowest BCUT2D eigenvalue weighted by molar-refractivity contribution is -0.170. The van der Waals surface area contributed by atoms with E-state index in [-0.39, 0.29) is 34.4 Å². The van der Waals surface area contributed by atoms with Crippen molar-refractivity contribution in [3.63, 3.8) is 0 Å². The molecule has 1 saturated heterocycles. The summed E-state index contributed by atoms with van der Waals surface area (Å²) in [6.07, 6.45) is 7.19. The fourth-order valence-corrected chi connectivity index (χ4v) is 10.2. The molecule has 4 N–H and O–H groups in total. The number of fused-ring (bicyclic) bond motifs is 4. The zero-order chi connectivity index (χ0) is 26.3. The van der Waals surface area contributed by atoms with Gasteiger partial charge in [0.25, 0.3) is 0 Å². The Morgan fingerprint density at radius 3 is 2.22 bits per heavy atom. The minimum atomic E-state index is -1.21. The molecule has 7 rings (SSSR count). The molecule has 6 fully saturated rings. The summed E-state index contributed by atoms with van der Waals surface area (Å²) in [6, 6.07) is 0. The molecule has 0 radical (unpaired) electrons. The zero-order valence-electron chi connectivity index (χ0n) is 22.9. The fraction of sp³-hybridized carbons (Fsp3) is 0.900. The molecule has 1 heterocycles. The number of hydrogen-bond donors (Lipinski definition) is 4. The van der Waals surface area contributed by atoms with Crippen molar-refractivity contribution in [3.05, 3.63) is 11.6 Å².